The number of hydrogen-bond acceptors (Lipinski definition) is 5. The van der Waals surface area contributed by atoms with Crippen molar-refractivity contribution in [2.45, 2.75) is 57.3 Å². The topological polar surface area (TPSA) is 87.3 Å². The molecule has 1 aromatic carbocycles. The van der Waals surface area contributed by atoms with Crippen LogP contribution in [0, 0.1) is 16.0 Å². The van der Waals surface area contributed by atoms with E-state index in [0.717, 1.165) is 6.42 Å². The number of fused-ring (bicyclic) bond motifs is 3. The molecule has 0 spiro atoms. The number of aromatic nitrogens is 2. The van der Waals surface area contributed by atoms with Crippen LogP contribution in [0.1, 0.15) is 45.0 Å². The van der Waals surface area contributed by atoms with Gasteiger partial charge in [-0.3, -0.25) is 19.5 Å². The normalized spacial score (nSPS) is 22.5. The summed E-state index contributed by atoms with van der Waals surface area (Å²) in [6.07, 6.45) is 0.971. The molecule has 4 rings (SSSR count). The molecule has 1 aromatic heterocycles. The molecule has 0 unspecified atom stereocenters. The van der Waals surface area contributed by atoms with Crippen molar-refractivity contribution in [1.82, 2.24) is 9.55 Å². The van der Waals surface area contributed by atoms with Gasteiger partial charge in [0.05, 0.1) is 28.8 Å². The van der Waals surface area contributed by atoms with Crippen molar-refractivity contribution in [3.8, 4) is 11.3 Å². The number of nitro groups is 1. The Labute approximate surface area is 181 Å². The van der Waals surface area contributed by atoms with E-state index in [1.54, 1.807) is 4.57 Å². The lowest BCUT2D eigenvalue weighted by molar-refractivity contribution is -0.384. The lowest BCUT2D eigenvalue weighted by atomic mass is 10.1. The maximum Gasteiger partial charge on any atom is 0.278 e. The van der Waals surface area contributed by atoms with Crippen molar-refractivity contribution in [1.29, 1.82) is 0 Å². The van der Waals surface area contributed by atoms with Gasteiger partial charge in [0.1, 0.15) is 5.82 Å². The summed E-state index contributed by atoms with van der Waals surface area (Å²) in [5.41, 5.74) is 0.267. The van der Waals surface area contributed by atoms with Crippen molar-refractivity contribution < 1.29 is 9.35 Å². The van der Waals surface area contributed by atoms with Gasteiger partial charge in [0.15, 0.2) is 8.32 Å². The third-order valence-electron chi connectivity index (χ3n) is 6.83. The summed E-state index contributed by atoms with van der Waals surface area (Å²) in [4.78, 5) is 28.7. The highest BCUT2D eigenvalue weighted by molar-refractivity contribution is 6.74. The Morgan fingerprint density at radius 3 is 2.67 bits per heavy atom. The van der Waals surface area contributed by atoms with Crippen LogP contribution in [0.5, 0.6) is 0 Å². The lowest BCUT2D eigenvalue weighted by Crippen LogP contribution is -2.43. The molecule has 160 valence electrons. The molecule has 1 fully saturated rings. The molecule has 0 N–H and O–H groups in total. The first-order valence-electron chi connectivity index (χ1n) is 10.1. The van der Waals surface area contributed by atoms with E-state index in [1.807, 2.05) is 0 Å². The predicted molar refractivity (Wildman–Crippen MR) is 119 cm³/mol. The minimum atomic E-state index is -1.94. The minimum Gasteiger partial charge on any atom is -0.415 e. The van der Waals surface area contributed by atoms with E-state index in [9.17, 15) is 14.9 Å². The molecule has 0 bridgehead atoms. The number of rotatable bonds is 5. The SMILES string of the molecule is CC(C)(C)[Si](C)(C)OC[C@@H]1[C@H]2C[C@H]2c2nc(-c3cc(Cl)ccc3[N+](=O)[O-])cc(=O)n21. The van der Waals surface area contributed by atoms with Gasteiger partial charge in [-0.15, -0.1) is 0 Å². The third-order valence-corrected chi connectivity index (χ3v) is 11.6. The standard InChI is InChI=1S/C21H26ClN3O4Si/c1-21(2,3)30(4,5)29-11-18-13-9-14(13)20-23-16(10-19(26)24(18)20)15-8-12(22)6-7-17(15)25(27)28/h6-8,10,13-14,18H,9,11H2,1-5H3/t13-,14+,18+/m0/s1. The van der Waals surface area contributed by atoms with E-state index < -0.39 is 13.2 Å². The second-order valence-corrected chi connectivity index (χ2v) is 15.0. The van der Waals surface area contributed by atoms with Gasteiger partial charge in [-0.1, -0.05) is 32.4 Å². The quantitative estimate of drug-likeness (QED) is 0.359. The summed E-state index contributed by atoms with van der Waals surface area (Å²) in [7, 11) is -1.94. The number of benzene rings is 1. The molecule has 9 heteroatoms. The van der Waals surface area contributed by atoms with Gasteiger partial charge >= 0.3 is 0 Å². The molecule has 1 aliphatic carbocycles. The van der Waals surface area contributed by atoms with Crippen LogP contribution >= 0.6 is 11.6 Å². The molecular weight excluding hydrogens is 422 g/mol. The largest absolute Gasteiger partial charge is 0.415 e. The smallest absolute Gasteiger partial charge is 0.278 e. The Morgan fingerprint density at radius 2 is 2.03 bits per heavy atom. The Morgan fingerprint density at radius 1 is 1.33 bits per heavy atom. The maximum atomic E-state index is 13.0. The fourth-order valence-corrected chi connectivity index (χ4v) is 5.14. The highest BCUT2D eigenvalue weighted by Crippen LogP contribution is 2.58. The summed E-state index contributed by atoms with van der Waals surface area (Å²) >= 11 is 6.06. The monoisotopic (exact) mass is 447 g/mol. The fourth-order valence-electron chi connectivity index (χ4n) is 3.95. The maximum absolute atomic E-state index is 13.0. The van der Waals surface area contributed by atoms with Crippen LogP contribution in [0.4, 0.5) is 5.69 Å². The number of nitro benzene ring substituents is 1. The van der Waals surface area contributed by atoms with E-state index >= 15 is 0 Å². The zero-order chi connectivity index (χ0) is 22.0. The average molecular weight is 448 g/mol. The van der Waals surface area contributed by atoms with Crippen LogP contribution in [-0.2, 0) is 4.43 Å². The molecule has 1 saturated carbocycles. The molecule has 30 heavy (non-hydrogen) atoms. The summed E-state index contributed by atoms with van der Waals surface area (Å²) in [5.74, 6) is 1.27. The Bertz CT molecular complexity index is 1090. The first kappa shape index (κ1) is 21.2. The molecular formula is C21H26ClN3O4Si. The molecule has 7 nitrogen and oxygen atoms in total. The Hall–Kier alpha value is -2.03. The zero-order valence-corrected chi connectivity index (χ0v) is 19.6. The highest BCUT2D eigenvalue weighted by atomic mass is 35.5. The Balaban J connectivity index is 1.70. The zero-order valence-electron chi connectivity index (χ0n) is 17.8. The molecule has 1 aliphatic heterocycles. The van der Waals surface area contributed by atoms with Crippen LogP contribution in [0.3, 0.4) is 0 Å². The number of halogens is 1. The minimum absolute atomic E-state index is 0.0254. The van der Waals surface area contributed by atoms with Crippen LogP contribution < -0.4 is 5.56 Å². The summed E-state index contributed by atoms with van der Waals surface area (Å²) in [6, 6.07) is 5.67. The van der Waals surface area contributed by atoms with Gasteiger partial charge in [0, 0.05) is 23.1 Å². The van der Waals surface area contributed by atoms with Crippen LogP contribution in [0.25, 0.3) is 11.3 Å². The molecule has 0 radical (unpaired) electrons. The van der Waals surface area contributed by atoms with E-state index in [2.05, 4.69) is 33.9 Å². The number of hydrogen-bond donors (Lipinski definition) is 0. The van der Waals surface area contributed by atoms with Crippen molar-refractivity contribution in [3.63, 3.8) is 0 Å². The van der Waals surface area contributed by atoms with Crippen LogP contribution in [0.2, 0.25) is 23.2 Å². The molecule has 2 heterocycles. The fraction of sp³-hybridized carbons (Fsp3) is 0.524. The molecule has 0 amide bonds. The predicted octanol–water partition coefficient (Wildman–Crippen LogP) is 5.15. The van der Waals surface area contributed by atoms with Crippen molar-refractivity contribution in [3.05, 3.63) is 55.6 Å². The average Bonchev–Trinajstić information content (AvgIpc) is 3.36. The van der Waals surface area contributed by atoms with Crippen molar-refractivity contribution in [2.75, 3.05) is 6.61 Å². The highest BCUT2D eigenvalue weighted by Gasteiger charge is 2.54. The van der Waals surface area contributed by atoms with E-state index in [-0.39, 0.29) is 33.8 Å². The Kier molecular flexibility index (Phi) is 4.95. The van der Waals surface area contributed by atoms with Gasteiger partial charge in [-0.25, -0.2) is 4.98 Å². The van der Waals surface area contributed by atoms with Gasteiger partial charge in [-0.05, 0) is 42.6 Å². The second kappa shape index (κ2) is 7.00. The van der Waals surface area contributed by atoms with Crippen molar-refractivity contribution >= 4 is 25.6 Å². The van der Waals surface area contributed by atoms with E-state index in [1.165, 1.54) is 24.3 Å². The molecule has 2 aromatic rings. The number of nitrogens with zero attached hydrogens (tertiary/aromatic N) is 3. The van der Waals surface area contributed by atoms with Crippen LogP contribution in [-0.4, -0.2) is 29.4 Å². The third kappa shape index (κ3) is 3.50. The summed E-state index contributed by atoms with van der Waals surface area (Å²) in [5, 5.41) is 11.9. The molecule has 3 atom stereocenters. The summed E-state index contributed by atoms with van der Waals surface area (Å²) in [6.45, 7) is 11.5. The van der Waals surface area contributed by atoms with Gasteiger partial charge < -0.3 is 4.43 Å². The van der Waals surface area contributed by atoms with Gasteiger partial charge in [0.25, 0.3) is 11.2 Å². The molecule has 2 aliphatic rings. The summed E-state index contributed by atoms with van der Waals surface area (Å²) < 4.78 is 8.15. The first-order chi connectivity index (χ1) is 13.9. The second-order valence-electron chi connectivity index (χ2n) is 9.77. The van der Waals surface area contributed by atoms with Crippen LogP contribution in [0.15, 0.2) is 29.1 Å². The first-order valence-corrected chi connectivity index (χ1v) is 13.4. The molecule has 0 saturated heterocycles. The van der Waals surface area contributed by atoms with E-state index in [4.69, 9.17) is 21.0 Å². The lowest BCUT2D eigenvalue weighted by Gasteiger charge is -2.37. The van der Waals surface area contributed by atoms with Gasteiger partial charge in [0.2, 0.25) is 0 Å². The van der Waals surface area contributed by atoms with E-state index in [0.29, 0.717) is 29.1 Å². The van der Waals surface area contributed by atoms with Crippen molar-refractivity contribution in [2.24, 2.45) is 5.92 Å². The van der Waals surface area contributed by atoms with Gasteiger partial charge in [-0.2, -0.15) is 0 Å².